The van der Waals surface area contributed by atoms with Gasteiger partial charge in [0.05, 0.1) is 23.0 Å². The van der Waals surface area contributed by atoms with Gasteiger partial charge in [0.25, 0.3) is 0 Å². The Morgan fingerprint density at radius 1 is 1.47 bits per heavy atom. The molecule has 0 aliphatic heterocycles. The number of halogens is 1. The summed E-state index contributed by atoms with van der Waals surface area (Å²) in [6, 6.07) is 3.29. The van der Waals surface area contributed by atoms with Crippen LogP contribution in [-0.4, -0.2) is 25.4 Å². The van der Waals surface area contributed by atoms with Gasteiger partial charge in [-0.05, 0) is 25.5 Å². The van der Waals surface area contributed by atoms with Crippen molar-refractivity contribution in [3.63, 3.8) is 0 Å². The molecule has 0 saturated carbocycles. The first kappa shape index (κ1) is 13.7. The number of nitrogens with zero attached hydrogens (tertiary/aromatic N) is 3. The van der Waals surface area contributed by atoms with E-state index in [0.717, 1.165) is 17.8 Å². The van der Waals surface area contributed by atoms with Crippen molar-refractivity contribution in [2.45, 2.75) is 33.4 Å². The number of aromatic nitrogens is 3. The molecule has 0 aliphatic rings. The Balaban J connectivity index is 2.40. The van der Waals surface area contributed by atoms with Gasteiger partial charge >= 0.3 is 5.97 Å². The van der Waals surface area contributed by atoms with Crippen LogP contribution in [0.25, 0.3) is 0 Å². The highest BCUT2D eigenvalue weighted by atomic mass is 35.5. The molecule has 0 bridgehead atoms. The molecule has 1 N–H and O–H groups in total. The average molecular weight is 282 g/mol. The molecule has 0 radical (unpaired) electrons. The summed E-state index contributed by atoms with van der Waals surface area (Å²) in [5.74, 6) is -0.945. The van der Waals surface area contributed by atoms with E-state index in [9.17, 15) is 4.79 Å². The smallest absolute Gasteiger partial charge is 0.352 e. The van der Waals surface area contributed by atoms with Crippen molar-refractivity contribution >= 4 is 17.6 Å². The van der Waals surface area contributed by atoms with E-state index in [1.165, 1.54) is 0 Å². The number of rotatable bonds is 5. The molecular formula is C13H16ClN3O2. The lowest BCUT2D eigenvalue weighted by molar-refractivity contribution is 0.0685. The molecule has 2 aromatic heterocycles. The fourth-order valence-electron chi connectivity index (χ4n) is 2.08. The third-order valence-corrected chi connectivity index (χ3v) is 3.50. The molecule has 2 rings (SSSR count). The fourth-order valence-corrected chi connectivity index (χ4v) is 2.40. The van der Waals surface area contributed by atoms with Gasteiger partial charge < -0.3 is 9.67 Å². The second-order valence-corrected chi connectivity index (χ2v) is 4.58. The van der Waals surface area contributed by atoms with Gasteiger partial charge in [-0.2, -0.15) is 5.10 Å². The monoisotopic (exact) mass is 281 g/mol. The fraction of sp³-hybridized carbons (Fsp3) is 0.385. The Morgan fingerprint density at radius 3 is 2.79 bits per heavy atom. The minimum absolute atomic E-state index is 0.248. The number of carbonyl (C=O) groups is 1. The van der Waals surface area contributed by atoms with Crippen LogP contribution >= 0.6 is 11.6 Å². The van der Waals surface area contributed by atoms with E-state index < -0.39 is 5.97 Å². The van der Waals surface area contributed by atoms with Crippen LogP contribution in [0.15, 0.2) is 18.3 Å². The summed E-state index contributed by atoms with van der Waals surface area (Å²) in [5, 5.41) is 14.2. The standard InChI is InChI=1S/C13H16ClN3O2/c1-3-9-12(14)11(17(4-2)15-9)8-16-7-5-6-10(16)13(18)19/h5-7H,3-4,8H2,1-2H3,(H,18,19). The number of carboxylic acids is 1. The topological polar surface area (TPSA) is 60.0 Å². The lowest BCUT2D eigenvalue weighted by Gasteiger charge is -2.08. The van der Waals surface area contributed by atoms with Gasteiger partial charge in [-0.1, -0.05) is 18.5 Å². The molecule has 0 amide bonds. The first-order chi connectivity index (χ1) is 9.08. The zero-order valence-corrected chi connectivity index (χ0v) is 11.7. The van der Waals surface area contributed by atoms with Crippen LogP contribution < -0.4 is 0 Å². The van der Waals surface area contributed by atoms with Crippen LogP contribution in [0.1, 0.15) is 35.7 Å². The molecule has 102 valence electrons. The summed E-state index contributed by atoms with van der Waals surface area (Å²) in [4.78, 5) is 11.1. The molecule has 0 saturated heterocycles. The van der Waals surface area contributed by atoms with Gasteiger partial charge in [-0.15, -0.1) is 0 Å². The SMILES string of the molecule is CCc1nn(CC)c(Cn2cccc2C(=O)O)c1Cl. The highest BCUT2D eigenvalue weighted by molar-refractivity contribution is 6.31. The van der Waals surface area contributed by atoms with Crippen LogP contribution in [0.3, 0.4) is 0 Å². The molecular weight excluding hydrogens is 266 g/mol. The van der Waals surface area contributed by atoms with Crippen molar-refractivity contribution in [1.82, 2.24) is 14.3 Å². The van der Waals surface area contributed by atoms with Gasteiger partial charge in [-0.3, -0.25) is 4.68 Å². The molecule has 0 spiro atoms. The van der Waals surface area contributed by atoms with Crippen molar-refractivity contribution in [2.24, 2.45) is 0 Å². The second-order valence-electron chi connectivity index (χ2n) is 4.20. The van der Waals surface area contributed by atoms with E-state index in [2.05, 4.69) is 5.10 Å². The number of hydrogen-bond donors (Lipinski definition) is 1. The van der Waals surface area contributed by atoms with E-state index in [1.54, 1.807) is 22.9 Å². The zero-order chi connectivity index (χ0) is 14.0. The van der Waals surface area contributed by atoms with Gasteiger partial charge in [0.2, 0.25) is 0 Å². The van der Waals surface area contributed by atoms with Crippen molar-refractivity contribution in [3.8, 4) is 0 Å². The predicted octanol–water partition coefficient (Wildman–Crippen LogP) is 2.67. The van der Waals surface area contributed by atoms with Gasteiger partial charge in [0.15, 0.2) is 0 Å². The molecule has 0 aliphatic carbocycles. The normalized spacial score (nSPS) is 10.9. The maximum atomic E-state index is 11.1. The van der Waals surface area contributed by atoms with Gasteiger partial charge in [0, 0.05) is 12.7 Å². The minimum atomic E-state index is -0.945. The quantitative estimate of drug-likeness (QED) is 0.916. The first-order valence-electron chi connectivity index (χ1n) is 6.20. The maximum absolute atomic E-state index is 11.1. The summed E-state index contributed by atoms with van der Waals surface area (Å²) in [5.41, 5.74) is 1.94. The number of aromatic carboxylic acids is 1. The van der Waals surface area contributed by atoms with Gasteiger partial charge in [-0.25, -0.2) is 4.79 Å². The maximum Gasteiger partial charge on any atom is 0.352 e. The summed E-state index contributed by atoms with van der Waals surface area (Å²) in [6.07, 6.45) is 2.49. The zero-order valence-electron chi connectivity index (χ0n) is 10.9. The third kappa shape index (κ3) is 2.51. The van der Waals surface area contributed by atoms with E-state index >= 15 is 0 Å². The highest BCUT2D eigenvalue weighted by Crippen LogP contribution is 2.23. The van der Waals surface area contributed by atoms with E-state index in [0.29, 0.717) is 18.1 Å². The lowest BCUT2D eigenvalue weighted by atomic mass is 10.3. The Labute approximate surface area is 116 Å². The average Bonchev–Trinajstić information content (AvgIpc) is 2.96. The Kier molecular flexibility index (Phi) is 3.95. The van der Waals surface area contributed by atoms with Crippen LogP contribution in [0.5, 0.6) is 0 Å². The number of carboxylic acid groups (broad SMARTS) is 1. The van der Waals surface area contributed by atoms with Crippen molar-refractivity contribution in [2.75, 3.05) is 0 Å². The largest absolute Gasteiger partial charge is 0.477 e. The summed E-state index contributed by atoms with van der Waals surface area (Å²) < 4.78 is 3.49. The number of aryl methyl sites for hydroxylation is 2. The van der Waals surface area contributed by atoms with Crippen molar-refractivity contribution in [1.29, 1.82) is 0 Å². The van der Waals surface area contributed by atoms with Crippen LogP contribution in [-0.2, 0) is 19.5 Å². The predicted molar refractivity (Wildman–Crippen MR) is 72.8 cm³/mol. The molecule has 2 heterocycles. The summed E-state index contributed by atoms with van der Waals surface area (Å²) >= 11 is 6.31. The van der Waals surface area contributed by atoms with Crippen LogP contribution in [0.2, 0.25) is 5.02 Å². The van der Waals surface area contributed by atoms with Crippen molar-refractivity contribution < 1.29 is 9.90 Å². The molecule has 19 heavy (non-hydrogen) atoms. The van der Waals surface area contributed by atoms with Crippen LogP contribution in [0, 0.1) is 0 Å². The van der Waals surface area contributed by atoms with E-state index in [4.69, 9.17) is 16.7 Å². The van der Waals surface area contributed by atoms with Crippen molar-refractivity contribution in [3.05, 3.63) is 40.4 Å². The Morgan fingerprint density at radius 2 is 2.21 bits per heavy atom. The summed E-state index contributed by atoms with van der Waals surface area (Å²) in [7, 11) is 0. The molecule has 0 fully saturated rings. The van der Waals surface area contributed by atoms with E-state index in [1.807, 2.05) is 18.5 Å². The lowest BCUT2D eigenvalue weighted by Crippen LogP contribution is -2.12. The highest BCUT2D eigenvalue weighted by Gasteiger charge is 2.17. The molecule has 0 atom stereocenters. The summed E-state index contributed by atoms with van der Waals surface area (Å²) in [6.45, 7) is 5.10. The first-order valence-corrected chi connectivity index (χ1v) is 6.58. The van der Waals surface area contributed by atoms with E-state index in [-0.39, 0.29) is 5.69 Å². The third-order valence-electron chi connectivity index (χ3n) is 3.06. The molecule has 0 aromatic carbocycles. The molecule has 5 nitrogen and oxygen atoms in total. The Bertz CT molecular complexity index is 601. The molecule has 6 heteroatoms. The molecule has 0 unspecified atom stereocenters. The Hall–Kier alpha value is -1.75. The van der Waals surface area contributed by atoms with Crippen LogP contribution in [0.4, 0.5) is 0 Å². The molecule has 2 aromatic rings. The minimum Gasteiger partial charge on any atom is -0.477 e. The second kappa shape index (κ2) is 5.48. The number of hydrogen-bond acceptors (Lipinski definition) is 2. The van der Waals surface area contributed by atoms with Gasteiger partial charge in [0.1, 0.15) is 5.69 Å².